The van der Waals surface area contributed by atoms with Crippen molar-refractivity contribution < 1.29 is 0 Å². The minimum Gasteiger partial charge on any atom is -0.297 e. The van der Waals surface area contributed by atoms with Crippen LogP contribution in [0.2, 0.25) is 0 Å². The Morgan fingerprint density at radius 2 is 2.08 bits per heavy atom. The largest absolute Gasteiger partial charge is 0.297 e. The number of nitrogens with zero attached hydrogens (tertiary/aromatic N) is 1. The highest BCUT2D eigenvalue weighted by atomic mass is 15.2. The lowest BCUT2D eigenvalue weighted by Crippen LogP contribution is -2.31. The molecule has 0 aromatic rings. The Balaban J connectivity index is 2.49. The van der Waals surface area contributed by atoms with E-state index in [0.29, 0.717) is 11.5 Å². The average molecular weight is 181 g/mol. The van der Waals surface area contributed by atoms with Gasteiger partial charge in [0.15, 0.2) is 0 Å². The van der Waals surface area contributed by atoms with Crippen molar-refractivity contribution in [3.63, 3.8) is 0 Å². The first-order valence-corrected chi connectivity index (χ1v) is 5.31. The average Bonchev–Trinajstić information content (AvgIpc) is 2.50. The van der Waals surface area contributed by atoms with E-state index >= 15 is 0 Å². The molecule has 1 aliphatic heterocycles. The van der Waals surface area contributed by atoms with E-state index in [1.165, 1.54) is 19.5 Å². The van der Waals surface area contributed by atoms with E-state index < -0.39 is 0 Å². The van der Waals surface area contributed by atoms with Crippen molar-refractivity contribution in [2.45, 2.75) is 40.2 Å². The van der Waals surface area contributed by atoms with E-state index in [4.69, 9.17) is 0 Å². The summed E-state index contributed by atoms with van der Waals surface area (Å²) in [7, 11) is 0. The highest BCUT2D eigenvalue weighted by Crippen LogP contribution is 2.34. The topological polar surface area (TPSA) is 3.24 Å². The molecule has 0 bridgehead atoms. The van der Waals surface area contributed by atoms with Crippen LogP contribution in [0.25, 0.3) is 0 Å². The standard InChI is InChI=1S/C12H23N/c1-6-10(2)13-8-7-11(9-13)12(3,4)5/h6,10-11H,1,7-9H2,2-5H3. The monoisotopic (exact) mass is 181 g/mol. The molecule has 76 valence electrons. The first-order chi connectivity index (χ1) is 5.95. The van der Waals surface area contributed by atoms with E-state index in [0.717, 1.165) is 5.92 Å². The molecule has 1 nitrogen and oxygen atoms in total. The molecule has 1 aliphatic rings. The third kappa shape index (κ3) is 2.57. The van der Waals surface area contributed by atoms with E-state index in [-0.39, 0.29) is 0 Å². The molecule has 0 saturated carbocycles. The first-order valence-electron chi connectivity index (χ1n) is 5.31. The predicted molar refractivity (Wildman–Crippen MR) is 58.8 cm³/mol. The van der Waals surface area contributed by atoms with Gasteiger partial charge in [0.05, 0.1) is 0 Å². The van der Waals surface area contributed by atoms with Gasteiger partial charge < -0.3 is 0 Å². The van der Waals surface area contributed by atoms with E-state index in [9.17, 15) is 0 Å². The summed E-state index contributed by atoms with van der Waals surface area (Å²) in [4.78, 5) is 2.53. The lowest BCUT2D eigenvalue weighted by Gasteiger charge is -2.28. The molecule has 0 spiro atoms. The summed E-state index contributed by atoms with van der Waals surface area (Å²) in [5.41, 5.74) is 0.468. The van der Waals surface area contributed by atoms with Crippen LogP contribution in [0.15, 0.2) is 12.7 Å². The van der Waals surface area contributed by atoms with Crippen molar-refractivity contribution in [1.82, 2.24) is 4.90 Å². The predicted octanol–water partition coefficient (Wildman–Crippen LogP) is 2.93. The van der Waals surface area contributed by atoms with E-state index in [2.05, 4.69) is 39.2 Å². The Morgan fingerprint density at radius 1 is 1.46 bits per heavy atom. The molecule has 2 unspecified atom stereocenters. The number of hydrogen-bond donors (Lipinski definition) is 0. The van der Waals surface area contributed by atoms with Crippen molar-refractivity contribution in [2.24, 2.45) is 11.3 Å². The van der Waals surface area contributed by atoms with Gasteiger partial charge in [-0.15, -0.1) is 6.58 Å². The fraction of sp³-hybridized carbons (Fsp3) is 0.833. The molecule has 0 N–H and O–H groups in total. The molecule has 0 aromatic heterocycles. The highest BCUT2D eigenvalue weighted by Gasteiger charge is 2.32. The zero-order valence-corrected chi connectivity index (χ0v) is 9.51. The molecule has 2 atom stereocenters. The second-order valence-corrected chi connectivity index (χ2v) is 5.32. The van der Waals surface area contributed by atoms with Gasteiger partial charge in [-0.05, 0) is 31.2 Å². The van der Waals surface area contributed by atoms with Crippen LogP contribution in [0.3, 0.4) is 0 Å². The molecular formula is C12H23N. The molecular weight excluding hydrogens is 158 g/mol. The van der Waals surface area contributed by atoms with Gasteiger partial charge in [-0.2, -0.15) is 0 Å². The second-order valence-electron chi connectivity index (χ2n) is 5.32. The normalized spacial score (nSPS) is 27.5. The molecule has 0 aromatic carbocycles. The smallest absolute Gasteiger partial charge is 0.0247 e. The third-order valence-corrected chi connectivity index (χ3v) is 3.36. The molecule has 0 aliphatic carbocycles. The van der Waals surface area contributed by atoms with Crippen molar-refractivity contribution in [3.05, 3.63) is 12.7 Å². The fourth-order valence-electron chi connectivity index (χ4n) is 2.01. The summed E-state index contributed by atoms with van der Waals surface area (Å²) in [6.45, 7) is 15.6. The van der Waals surface area contributed by atoms with Crippen LogP contribution in [0.1, 0.15) is 34.1 Å². The molecule has 1 saturated heterocycles. The summed E-state index contributed by atoms with van der Waals surface area (Å²) in [6.07, 6.45) is 3.40. The number of hydrogen-bond acceptors (Lipinski definition) is 1. The van der Waals surface area contributed by atoms with Crippen LogP contribution in [0.4, 0.5) is 0 Å². The van der Waals surface area contributed by atoms with Gasteiger partial charge in [0.25, 0.3) is 0 Å². The van der Waals surface area contributed by atoms with E-state index in [1.54, 1.807) is 0 Å². The van der Waals surface area contributed by atoms with Crippen molar-refractivity contribution in [2.75, 3.05) is 13.1 Å². The molecule has 1 fully saturated rings. The van der Waals surface area contributed by atoms with Crippen molar-refractivity contribution in [1.29, 1.82) is 0 Å². The van der Waals surface area contributed by atoms with Crippen LogP contribution >= 0.6 is 0 Å². The van der Waals surface area contributed by atoms with Gasteiger partial charge in [0.2, 0.25) is 0 Å². The SMILES string of the molecule is C=CC(C)N1CCC(C(C)(C)C)C1. The van der Waals surface area contributed by atoms with Gasteiger partial charge in [-0.1, -0.05) is 26.8 Å². The fourth-order valence-corrected chi connectivity index (χ4v) is 2.01. The Morgan fingerprint density at radius 3 is 2.46 bits per heavy atom. The van der Waals surface area contributed by atoms with Gasteiger partial charge in [-0.3, -0.25) is 4.90 Å². The van der Waals surface area contributed by atoms with Gasteiger partial charge in [0, 0.05) is 12.6 Å². The van der Waals surface area contributed by atoms with Gasteiger partial charge >= 0.3 is 0 Å². The lowest BCUT2D eigenvalue weighted by atomic mass is 9.80. The lowest BCUT2D eigenvalue weighted by molar-refractivity contribution is 0.218. The van der Waals surface area contributed by atoms with Crippen molar-refractivity contribution >= 4 is 0 Å². The summed E-state index contributed by atoms with van der Waals surface area (Å²) in [5, 5.41) is 0. The number of likely N-dealkylation sites (tertiary alicyclic amines) is 1. The molecule has 0 amide bonds. The Bertz CT molecular complexity index is 178. The van der Waals surface area contributed by atoms with Crippen LogP contribution < -0.4 is 0 Å². The maximum atomic E-state index is 3.85. The number of rotatable bonds is 2. The third-order valence-electron chi connectivity index (χ3n) is 3.36. The van der Waals surface area contributed by atoms with Gasteiger partial charge in [-0.25, -0.2) is 0 Å². The Kier molecular flexibility index (Phi) is 3.18. The minimum atomic E-state index is 0.468. The molecule has 13 heavy (non-hydrogen) atoms. The molecule has 1 rings (SSSR count). The van der Waals surface area contributed by atoms with Crippen LogP contribution in [0.5, 0.6) is 0 Å². The van der Waals surface area contributed by atoms with Crippen LogP contribution in [-0.2, 0) is 0 Å². The summed E-state index contributed by atoms with van der Waals surface area (Å²) in [5.74, 6) is 0.856. The van der Waals surface area contributed by atoms with Crippen LogP contribution in [0, 0.1) is 11.3 Å². The van der Waals surface area contributed by atoms with Gasteiger partial charge in [0.1, 0.15) is 0 Å². The molecule has 1 heteroatoms. The summed E-state index contributed by atoms with van der Waals surface area (Å²) in [6, 6.07) is 0.548. The zero-order valence-electron chi connectivity index (χ0n) is 9.51. The highest BCUT2D eigenvalue weighted by molar-refractivity contribution is 4.91. The second kappa shape index (κ2) is 3.83. The summed E-state index contributed by atoms with van der Waals surface area (Å²) >= 11 is 0. The van der Waals surface area contributed by atoms with Crippen LogP contribution in [-0.4, -0.2) is 24.0 Å². The zero-order chi connectivity index (χ0) is 10.1. The first kappa shape index (κ1) is 10.8. The molecule has 1 heterocycles. The maximum absolute atomic E-state index is 3.85. The molecule has 0 radical (unpaired) electrons. The Hall–Kier alpha value is -0.300. The summed E-state index contributed by atoms with van der Waals surface area (Å²) < 4.78 is 0. The Labute approximate surface area is 82.8 Å². The van der Waals surface area contributed by atoms with Crippen molar-refractivity contribution in [3.8, 4) is 0 Å². The minimum absolute atomic E-state index is 0.468. The maximum Gasteiger partial charge on any atom is 0.0247 e. The van der Waals surface area contributed by atoms with E-state index in [1.807, 2.05) is 6.08 Å². The quantitative estimate of drug-likeness (QED) is 0.592.